The Morgan fingerprint density at radius 3 is 3.00 bits per heavy atom. The average molecular weight is 306 g/mol. The lowest BCUT2D eigenvalue weighted by atomic mass is 9.99. The molecule has 21 heavy (non-hydrogen) atoms. The summed E-state index contributed by atoms with van der Waals surface area (Å²) in [6.07, 6.45) is 0.720. The molecule has 1 aromatic carbocycles. The van der Waals surface area contributed by atoms with Crippen molar-refractivity contribution in [3.8, 4) is 5.75 Å². The highest BCUT2D eigenvalue weighted by Gasteiger charge is 2.52. The van der Waals surface area contributed by atoms with E-state index in [0.29, 0.717) is 12.4 Å². The zero-order chi connectivity index (χ0) is 14.9. The van der Waals surface area contributed by atoms with Gasteiger partial charge in [0.25, 0.3) is 5.91 Å². The Bertz CT molecular complexity index is 570. The van der Waals surface area contributed by atoms with Gasteiger partial charge in [0.05, 0.1) is 6.54 Å². The largest absolute Gasteiger partial charge is 0.492 e. The molecule has 2 fully saturated rings. The lowest BCUT2D eigenvalue weighted by molar-refractivity contribution is -0.130. The Morgan fingerprint density at radius 1 is 1.43 bits per heavy atom. The van der Waals surface area contributed by atoms with Crippen LogP contribution in [0.25, 0.3) is 0 Å². The fraction of sp³-hybridized carbons (Fsp3) is 0.467. The average Bonchev–Trinajstić information content (AvgIpc) is 3.00. The van der Waals surface area contributed by atoms with Crippen LogP contribution in [0, 0.1) is 6.92 Å². The molecule has 1 N–H and O–H groups in total. The molecule has 2 aliphatic heterocycles. The number of hydrogen-bond donors (Lipinski definition) is 1. The third kappa shape index (κ3) is 2.72. The summed E-state index contributed by atoms with van der Waals surface area (Å²) in [7, 11) is 0. The number of thioether (sulfide) groups is 1. The molecular weight excluding hydrogens is 288 g/mol. The first-order chi connectivity index (χ1) is 10.1. The number of amides is 3. The van der Waals surface area contributed by atoms with E-state index in [4.69, 9.17) is 4.74 Å². The van der Waals surface area contributed by atoms with Crippen LogP contribution in [0.3, 0.4) is 0 Å². The van der Waals surface area contributed by atoms with Gasteiger partial charge in [0.1, 0.15) is 17.9 Å². The molecule has 0 aromatic heterocycles. The Kier molecular flexibility index (Phi) is 3.80. The highest BCUT2D eigenvalue weighted by atomic mass is 32.2. The molecule has 0 bridgehead atoms. The fourth-order valence-electron chi connectivity index (χ4n) is 2.67. The van der Waals surface area contributed by atoms with Crippen LogP contribution >= 0.6 is 11.8 Å². The quantitative estimate of drug-likeness (QED) is 0.862. The second-order valence-corrected chi connectivity index (χ2v) is 6.54. The predicted octanol–water partition coefficient (Wildman–Crippen LogP) is 1.80. The van der Waals surface area contributed by atoms with E-state index >= 15 is 0 Å². The van der Waals surface area contributed by atoms with E-state index in [1.165, 1.54) is 4.90 Å². The van der Waals surface area contributed by atoms with Crippen molar-refractivity contribution in [2.24, 2.45) is 0 Å². The van der Waals surface area contributed by atoms with Crippen LogP contribution in [-0.4, -0.2) is 47.0 Å². The summed E-state index contributed by atoms with van der Waals surface area (Å²) in [5, 5.41) is 2.85. The third-order valence-corrected chi connectivity index (χ3v) is 5.03. The predicted molar refractivity (Wildman–Crippen MR) is 81.6 cm³/mol. The number of nitrogens with one attached hydrogen (secondary N) is 1. The number of urea groups is 1. The second-order valence-electron chi connectivity index (χ2n) is 5.44. The third-order valence-electron chi connectivity index (χ3n) is 3.84. The summed E-state index contributed by atoms with van der Waals surface area (Å²) in [4.78, 5) is 25.7. The van der Waals surface area contributed by atoms with E-state index in [9.17, 15) is 9.59 Å². The molecular formula is C15H18N2O3S. The molecule has 1 atom stereocenters. The van der Waals surface area contributed by atoms with Gasteiger partial charge >= 0.3 is 6.03 Å². The zero-order valence-electron chi connectivity index (χ0n) is 11.9. The van der Waals surface area contributed by atoms with E-state index < -0.39 is 5.54 Å². The topological polar surface area (TPSA) is 58.6 Å². The molecule has 5 nitrogen and oxygen atoms in total. The molecule has 1 spiro atoms. The molecule has 2 saturated heterocycles. The Hall–Kier alpha value is -1.69. The van der Waals surface area contributed by atoms with Crippen LogP contribution in [0.1, 0.15) is 12.0 Å². The van der Waals surface area contributed by atoms with Crippen LogP contribution in [0.4, 0.5) is 4.79 Å². The normalized spacial score (nSPS) is 24.7. The van der Waals surface area contributed by atoms with Gasteiger partial charge in [-0.1, -0.05) is 12.1 Å². The number of rotatable bonds is 4. The molecule has 0 saturated carbocycles. The summed E-state index contributed by atoms with van der Waals surface area (Å²) in [6.45, 7) is 2.59. The van der Waals surface area contributed by atoms with Crippen molar-refractivity contribution in [3.63, 3.8) is 0 Å². The van der Waals surface area contributed by atoms with Gasteiger partial charge in [-0.3, -0.25) is 9.69 Å². The minimum absolute atomic E-state index is 0.106. The maximum atomic E-state index is 12.4. The molecule has 1 aromatic rings. The van der Waals surface area contributed by atoms with Gasteiger partial charge in [-0.2, -0.15) is 11.8 Å². The molecule has 3 amide bonds. The Morgan fingerprint density at radius 2 is 2.29 bits per heavy atom. The highest BCUT2D eigenvalue weighted by Crippen LogP contribution is 2.33. The number of carbonyl (C=O) groups is 2. The number of carbonyl (C=O) groups excluding carboxylic acids is 2. The fourth-order valence-corrected chi connectivity index (χ4v) is 4.00. The van der Waals surface area contributed by atoms with Gasteiger partial charge < -0.3 is 10.1 Å². The molecule has 2 heterocycles. The van der Waals surface area contributed by atoms with Gasteiger partial charge in [-0.25, -0.2) is 4.79 Å². The van der Waals surface area contributed by atoms with Gasteiger partial charge in [-0.15, -0.1) is 0 Å². The summed E-state index contributed by atoms with van der Waals surface area (Å²) < 4.78 is 5.62. The molecule has 112 valence electrons. The summed E-state index contributed by atoms with van der Waals surface area (Å²) in [5.74, 6) is 2.24. The summed E-state index contributed by atoms with van der Waals surface area (Å²) in [5.41, 5.74) is 0.454. The minimum Gasteiger partial charge on any atom is -0.492 e. The number of benzene rings is 1. The zero-order valence-corrected chi connectivity index (χ0v) is 12.7. The van der Waals surface area contributed by atoms with Crippen molar-refractivity contribution in [2.45, 2.75) is 18.9 Å². The Labute approximate surface area is 128 Å². The number of nitrogens with zero attached hydrogens (tertiary/aromatic N) is 1. The summed E-state index contributed by atoms with van der Waals surface area (Å²) >= 11 is 1.71. The number of hydrogen-bond acceptors (Lipinski definition) is 4. The van der Waals surface area contributed by atoms with Crippen LogP contribution in [-0.2, 0) is 4.79 Å². The van der Waals surface area contributed by atoms with Gasteiger partial charge in [0.2, 0.25) is 0 Å². The first-order valence-corrected chi connectivity index (χ1v) is 8.18. The lowest BCUT2D eigenvalue weighted by Crippen LogP contribution is -2.47. The van der Waals surface area contributed by atoms with Gasteiger partial charge in [0, 0.05) is 5.75 Å². The van der Waals surface area contributed by atoms with Crippen molar-refractivity contribution in [2.75, 3.05) is 24.7 Å². The van der Waals surface area contributed by atoms with E-state index in [1.54, 1.807) is 11.8 Å². The Balaban J connectivity index is 1.58. The first-order valence-electron chi connectivity index (χ1n) is 7.02. The van der Waals surface area contributed by atoms with Gasteiger partial charge in [0.15, 0.2) is 0 Å². The molecule has 0 aliphatic carbocycles. The van der Waals surface area contributed by atoms with E-state index in [1.807, 2.05) is 31.2 Å². The molecule has 1 unspecified atom stereocenters. The molecule has 2 aliphatic rings. The number of aryl methyl sites for hydroxylation is 1. The standard InChI is InChI=1S/C15H18N2O3S/c1-11-3-2-4-12(9-11)20-7-6-17-13(18)15(16-14(17)19)5-8-21-10-15/h2-4,9H,5-8,10H2,1H3,(H,16,19). The van der Waals surface area contributed by atoms with Crippen molar-refractivity contribution < 1.29 is 14.3 Å². The van der Waals surface area contributed by atoms with Crippen LogP contribution in [0.5, 0.6) is 5.75 Å². The van der Waals surface area contributed by atoms with Crippen LogP contribution in [0.15, 0.2) is 24.3 Å². The van der Waals surface area contributed by atoms with E-state index in [0.717, 1.165) is 23.5 Å². The number of ether oxygens (including phenoxy) is 1. The highest BCUT2D eigenvalue weighted by molar-refractivity contribution is 7.99. The van der Waals surface area contributed by atoms with Crippen molar-refractivity contribution in [1.29, 1.82) is 0 Å². The molecule has 3 rings (SSSR count). The van der Waals surface area contributed by atoms with Crippen molar-refractivity contribution >= 4 is 23.7 Å². The lowest BCUT2D eigenvalue weighted by Gasteiger charge is -2.19. The van der Waals surface area contributed by atoms with Crippen molar-refractivity contribution in [3.05, 3.63) is 29.8 Å². The van der Waals surface area contributed by atoms with Gasteiger partial charge in [-0.05, 0) is 36.8 Å². The summed E-state index contributed by atoms with van der Waals surface area (Å²) in [6, 6.07) is 7.42. The minimum atomic E-state index is -0.662. The monoisotopic (exact) mass is 306 g/mol. The maximum absolute atomic E-state index is 12.4. The first kappa shape index (κ1) is 14.3. The molecule has 6 heteroatoms. The molecule has 0 radical (unpaired) electrons. The number of imide groups is 1. The SMILES string of the molecule is Cc1cccc(OCCN2C(=O)NC3(CCSC3)C2=O)c1. The second kappa shape index (κ2) is 5.60. The van der Waals surface area contributed by atoms with Crippen LogP contribution < -0.4 is 10.1 Å². The van der Waals surface area contributed by atoms with Crippen LogP contribution in [0.2, 0.25) is 0 Å². The van der Waals surface area contributed by atoms with E-state index in [-0.39, 0.29) is 18.5 Å². The smallest absolute Gasteiger partial charge is 0.325 e. The van der Waals surface area contributed by atoms with Crippen molar-refractivity contribution in [1.82, 2.24) is 10.2 Å². The van der Waals surface area contributed by atoms with E-state index in [2.05, 4.69) is 5.32 Å². The maximum Gasteiger partial charge on any atom is 0.325 e.